The minimum absolute atomic E-state index is 0.0985. The van der Waals surface area contributed by atoms with Gasteiger partial charge in [-0.15, -0.1) is 11.3 Å². The summed E-state index contributed by atoms with van der Waals surface area (Å²) in [5.74, 6) is 0. The summed E-state index contributed by atoms with van der Waals surface area (Å²) in [6, 6.07) is 4.67. The number of rotatable bonds is 3. The Morgan fingerprint density at radius 3 is 2.76 bits per heavy atom. The van der Waals surface area contributed by atoms with Gasteiger partial charge in [-0.3, -0.25) is 4.40 Å². The second kappa shape index (κ2) is 5.16. The van der Waals surface area contributed by atoms with Crippen LogP contribution in [-0.4, -0.2) is 9.38 Å². The van der Waals surface area contributed by atoms with Crippen LogP contribution in [0.3, 0.4) is 0 Å². The van der Waals surface area contributed by atoms with Crippen LogP contribution < -0.4 is 5.73 Å². The molecule has 0 fully saturated rings. The van der Waals surface area contributed by atoms with Gasteiger partial charge in [-0.25, -0.2) is 4.98 Å². The first-order chi connectivity index (χ1) is 9.95. The molecule has 2 aromatic heterocycles. The average Bonchev–Trinajstić information content (AvgIpc) is 2.98. The van der Waals surface area contributed by atoms with Gasteiger partial charge in [0.1, 0.15) is 0 Å². The Kier molecular flexibility index (Phi) is 3.46. The quantitative estimate of drug-likeness (QED) is 0.802. The van der Waals surface area contributed by atoms with Crippen LogP contribution in [0.5, 0.6) is 0 Å². The lowest BCUT2D eigenvalue weighted by molar-refractivity contribution is -0.138. The Balaban J connectivity index is 1.88. The zero-order chi connectivity index (χ0) is 15.0. The summed E-state index contributed by atoms with van der Waals surface area (Å²) in [6.07, 6.45) is -0.488. The van der Waals surface area contributed by atoms with Crippen molar-refractivity contribution < 1.29 is 13.2 Å². The molecular formula is C14H12F3N3S. The lowest BCUT2D eigenvalue weighted by Crippen LogP contribution is -2.19. The molecule has 1 aromatic carbocycles. The van der Waals surface area contributed by atoms with E-state index in [2.05, 4.69) is 4.98 Å². The summed E-state index contributed by atoms with van der Waals surface area (Å²) < 4.78 is 40.8. The van der Waals surface area contributed by atoms with Crippen LogP contribution in [0.2, 0.25) is 0 Å². The van der Waals surface area contributed by atoms with Crippen LogP contribution in [0, 0.1) is 0 Å². The molecule has 0 saturated carbocycles. The van der Waals surface area contributed by atoms with Crippen LogP contribution in [0.25, 0.3) is 4.96 Å². The van der Waals surface area contributed by atoms with Crippen molar-refractivity contribution in [1.82, 2.24) is 9.38 Å². The molecule has 21 heavy (non-hydrogen) atoms. The molecule has 0 saturated heterocycles. The molecule has 0 radical (unpaired) electrons. The lowest BCUT2D eigenvalue weighted by Gasteiger charge is -2.17. The predicted octanol–water partition coefficient (Wildman–Crippen LogP) is 3.66. The molecule has 1 atom stereocenters. The van der Waals surface area contributed by atoms with Crippen LogP contribution >= 0.6 is 11.3 Å². The minimum atomic E-state index is -4.40. The Morgan fingerprint density at radius 1 is 1.29 bits per heavy atom. The number of aromatic nitrogens is 2. The number of hydrogen-bond acceptors (Lipinski definition) is 3. The second-order valence-corrected chi connectivity index (χ2v) is 5.59. The smallest absolute Gasteiger partial charge is 0.324 e. The normalized spacial score (nSPS) is 13.7. The highest BCUT2D eigenvalue weighted by Crippen LogP contribution is 2.34. The fourth-order valence-corrected chi connectivity index (χ4v) is 3.01. The summed E-state index contributed by atoms with van der Waals surface area (Å²) in [5, 5.41) is 1.89. The van der Waals surface area contributed by atoms with E-state index in [1.807, 2.05) is 16.0 Å². The first-order valence-electron chi connectivity index (χ1n) is 6.28. The standard InChI is InChI=1S/C14H12F3N3S/c15-14(16,17)11-4-2-1-3-10(11)12(18)7-9-8-20-5-6-21-13(20)19-9/h1-6,8,12H,7,18H2. The summed E-state index contributed by atoms with van der Waals surface area (Å²) in [7, 11) is 0. The third-order valence-corrected chi connectivity index (χ3v) is 4.01. The van der Waals surface area contributed by atoms with Crippen molar-refractivity contribution in [2.45, 2.75) is 18.6 Å². The maximum Gasteiger partial charge on any atom is 0.416 e. The van der Waals surface area contributed by atoms with E-state index in [1.165, 1.54) is 23.5 Å². The molecule has 2 N–H and O–H groups in total. The number of halogens is 3. The van der Waals surface area contributed by atoms with Gasteiger partial charge in [-0.2, -0.15) is 13.2 Å². The van der Waals surface area contributed by atoms with Crippen molar-refractivity contribution in [3.63, 3.8) is 0 Å². The summed E-state index contributed by atoms with van der Waals surface area (Å²) in [4.78, 5) is 5.16. The van der Waals surface area contributed by atoms with Crippen LogP contribution in [0.4, 0.5) is 13.2 Å². The lowest BCUT2D eigenvalue weighted by atomic mass is 9.97. The van der Waals surface area contributed by atoms with E-state index >= 15 is 0 Å². The molecule has 2 heterocycles. The number of alkyl halides is 3. The molecule has 110 valence electrons. The Labute approximate surface area is 122 Å². The van der Waals surface area contributed by atoms with E-state index in [1.54, 1.807) is 12.3 Å². The van der Waals surface area contributed by atoms with Crippen molar-refractivity contribution in [2.75, 3.05) is 0 Å². The van der Waals surface area contributed by atoms with E-state index in [9.17, 15) is 13.2 Å². The van der Waals surface area contributed by atoms with Crippen molar-refractivity contribution >= 4 is 16.3 Å². The molecule has 3 rings (SSSR count). The van der Waals surface area contributed by atoms with Gasteiger partial charge in [0.15, 0.2) is 4.96 Å². The molecule has 3 nitrogen and oxygen atoms in total. The Morgan fingerprint density at radius 2 is 2.05 bits per heavy atom. The van der Waals surface area contributed by atoms with Gasteiger partial charge >= 0.3 is 6.18 Å². The van der Waals surface area contributed by atoms with Gasteiger partial charge < -0.3 is 5.73 Å². The van der Waals surface area contributed by atoms with E-state index < -0.39 is 17.8 Å². The molecule has 3 aromatic rings. The third-order valence-electron chi connectivity index (χ3n) is 3.24. The molecule has 0 aliphatic carbocycles. The van der Waals surface area contributed by atoms with Crippen molar-refractivity contribution in [3.8, 4) is 0 Å². The Bertz CT molecular complexity index is 732. The summed E-state index contributed by atoms with van der Waals surface area (Å²) in [5.41, 5.74) is 6.07. The van der Waals surface area contributed by atoms with Crippen LogP contribution in [-0.2, 0) is 12.6 Å². The first-order valence-corrected chi connectivity index (χ1v) is 7.16. The monoisotopic (exact) mass is 311 g/mol. The SMILES string of the molecule is NC(Cc1cn2ccsc2n1)c1ccccc1C(F)(F)F. The number of thiazole rings is 1. The maximum atomic E-state index is 13.0. The van der Waals surface area contributed by atoms with Crippen molar-refractivity contribution in [1.29, 1.82) is 0 Å². The van der Waals surface area contributed by atoms with E-state index in [-0.39, 0.29) is 12.0 Å². The number of benzene rings is 1. The third kappa shape index (κ3) is 2.79. The number of hydrogen-bond donors (Lipinski definition) is 1. The van der Waals surface area contributed by atoms with Crippen LogP contribution in [0.1, 0.15) is 22.9 Å². The highest BCUT2D eigenvalue weighted by atomic mass is 32.1. The number of nitrogens with zero attached hydrogens (tertiary/aromatic N) is 2. The number of fused-ring (bicyclic) bond motifs is 1. The molecule has 0 spiro atoms. The largest absolute Gasteiger partial charge is 0.416 e. The second-order valence-electron chi connectivity index (χ2n) is 4.72. The van der Waals surface area contributed by atoms with Crippen LogP contribution in [0.15, 0.2) is 42.0 Å². The molecule has 1 unspecified atom stereocenters. The number of nitrogens with two attached hydrogens (primary N) is 1. The average molecular weight is 311 g/mol. The Hall–Kier alpha value is -1.86. The highest BCUT2D eigenvalue weighted by molar-refractivity contribution is 7.15. The molecule has 0 aliphatic heterocycles. The fraction of sp³-hybridized carbons (Fsp3) is 0.214. The maximum absolute atomic E-state index is 13.0. The van der Waals surface area contributed by atoms with Gasteiger partial charge in [0.25, 0.3) is 0 Å². The molecular weight excluding hydrogens is 299 g/mol. The predicted molar refractivity (Wildman–Crippen MR) is 75.1 cm³/mol. The molecule has 0 amide bonds. The van der Waals surface area contributed by atoms with Gasteiger partial charge in [-0.05, 0) is 11.6 Å². The zero-order valence-electron chi connectivity index (χ0n) is 10.8. The van der Waals surface area contributed by atoms with Gasteiger partial charge in [0.05, 0.1) is 11.3 Å². The summed E-state index contributed by atoms with van der Waals surface area (Å²) >= 11 is 1.47. The molecule has 0 aliphatic rings. The van der Waals surface area contributed by atoms with Gasteiger partial charge in [0, 0.05) is 30.2 Å². The van der Waals surface area contributed by atoms with Gasteiger partial charge in [0.2, 0.25) is 0 Å². The van der Waals surface area contributed by atoms with E-state index in [0.29, 0.717) is 5.69 Å². The minimum Gasteiger partial charge on any atom is -0.324 e. The zero-order valence-corrected chi connectivity index (χ0v) is 11.7. The molecule has 0 bridgehead atoms. The van der Waals surface area contributed by atoms with E-state index in [0.717, 1.165) is 11.0 Å². The highest BCUT2D eigenvalue weighted by Gasteiger charge is 2.34. The van der Waals surface area contributed by atoms with Gasteiger partial charge in [-0.1, -0.05) is 18.2 Å². The van der Waals surface area contributed by atoms with E-state index in [4.69, 9.17) is 5.73 Å². The fourth-order valence-electron chi connectivity index (χ4n) is 2.29. The summed E-state index contributed by atoms with van der Waals surface area (Å²) in [6.45, 7) is 0. The van der Waals surface area contributed by atoms with Crippen molar-refractivity contribution in [2.24, 2.45) is 5.73 Å². The van der Waals surface area contributed by atoms with Crippen molar-refractivity contribution in [3.05, 3.63) is 58.9 Å². The molecule has 7 heteroatoms. The first kappa shape index (κ1) is 14.1. The number of imidazole rings is 1. The topological polar surface area (TPSA) is 43.3 Å².